The van der Waals surface area contributed by atoms with E-state index in [1.54, 1.807) is 0 Å². The fourth-order valence-electron chi connectivity index (χ4n) is 2.31. The van der Waals surface area contributed by atoms with E-state index in [-0.39, 0.29) is 10.8 Å². The number of hydrogen-bond acceptors (Lipinski definition) is 3. The molecule has 0 aromatic rings. The topological polar surface area (TPSA) is 30.8 Å². The maximum atomic E-state index is 5.82. The minimum atomic E-state index is -2.44. The zero-order valence-corrected chi connectivity index (χ0v) is 14.7. The van der Waals surface area contributed by atoms with Crippen molar-refractivity contribution in [3.05, 3.63) is 0 Å². The molecule has 0 bridgehead atoms. The monoisotopic (exact) mass is 273 g/mol. The molecule has 0 saturated carbocycles. The average molecular weight is 273 g/mol. The van der Waals surface area contributed by atoms with Crippen LogP contribution in [0.1, 0.15) is 55.4 Å². The molecular weight excluding hydrogens is 242 g/mol. The summed E-state index contributed by atoms with van der Waals surface area (Å²) in [6, 6.07) is 0. The molecule has 0 radical (unpaired) electrons. The highest BCUT2D eigenvalue weighted by Crippen LogP contribution is 2.31. The molecule has 0 atom stereocenters. The fraction of sp³-hybridized carbons (Fsp3) is 0.929. The van der Waals surface area contributed by atoms with Crippen molar-refractivity contribution in [3.63, 3.8) is 0 Å². The average Bonchev–Trinajstić information content (AvgIpc) is 2.11. The fourth-order valence-corrected chi connectivity index (χ4v) is 4.67. The lowest BCUT2D eigenvalue weighted by Crippen LogP contribution is -2.43. The molecule has 0 aliphatic carbocycles. The SMILES string of the molecule is CCO[Si](C)(N=C(C(C)(C)C)C(C)(C)C)OCC. The largest absolute Gasteiger partial charge is 0.474 e. The summed E-state index contributed by atoms with van der Waals surface area (Å²) in [4.78, 5) is 0. The molecule has 108 valence electrons. The van der Waals surface area contributed by atoms with Gasteiger partial charge in [-0.25, -0.2) is 0 Å². The second kappa shape index (κ2) is 6.31. The highest BCUT2D eigenvalue weighted by Gasteiger charge is 2.38. The molecule has 0 unspecified atom stereocenters. The molecule has 0 aliphatic heterocycles. The van der Waals surface area contributed by atoms with Gasteiger partial charge in [0.25, 0.3) is 0 Å². The predicted octanol–water partition coefficient (Wildman–Crippen LogP) is 4.16. The lowest BCUT2D eigenvalue weighted by atomic mass is 9.75. The molecule has 0 saturated heterocycles. The molecule has 0 aromatic carbocycles. The molecule has 0 spiro atoms. The third-order valence-corrected chi connectivity index (χ3v) is 4.84. The van der Waals surface area contributed by atoms with Crippen molar-refractivity contribution in [2.75, 3.05) is 13.2 Å². The van der Waals surface area contributed by atoms with Crippen LogP contribution in [-0.2, 0) is 8.85 Å². The Hall–Kier alpha value is -0.193. The molecule has 0 aromatic heterocycles. The first-order valence-electron chi connectivity index (χ1n) is 6.85. The van der Waals surface area contributed by atoms with Gasteiger partial charge in [-0.05, 0) is 24.7 Å². The minimum Gasteiger partial charge on any atom is -0.378 e. The van der Waals surface area contributed by atoms with Crippen molar-refractivity contribution in [2.24, 2.45) is 15.5 Å². The molecule has 0 aliphatic rings. The van der Waals surface area contributed by atoms with Crippen LogP contribution in [0.15, 0.2) is 4.66 Å². The normalized spacial score (nSPS) is 13.6. The number of hydrogen-bond donors (Lipinski definition) is 0. The Balaban J connectivity index is 5.50. The number of rotatable bonds is 5. The first-order valence-corrected chi connectivity index (χ1v) is 9.11. The van der Waals surface area contributed by atoms with Crippen LogP contribution in [0.25, 0.3) is 0 Å². The van der Waals surface area contributed by atoms with Gasteiger partial charge in [0.1, 0.15) is 0 Å². The van der Waals surface area contributed by atoms with E-state index < -0.39 is 8.72 Å². The van der Waals surface area contributed by atoms with Gasteiger partial charge in [-0.15, -0.1) is 0 Å². The van der Waals surface area contributed by atoms with Crippen molar-refractivity contribution < 1.29 is 8.85 Å². The molecule has 3 nitrogen and oxygen atoms in total. The molecule has 0 rings (SSSR count). The summed E-state index contributed by atoms with van der Waals surface area (Å²) in [6.45, 7) is 20.5. The van der Waals surface area contributed by atoms with Gasteiger partial charge >= 0.3 is 8.72 Å². The van der Waals surface area contributed by atoms with Crippen LogP contribution in [0.4, 0.5) is 0 Å². The lowest BCUT2D eigenvalue weighted by molar-refractivity contribution is 0.190. The van der Waals surface area contributed by atoms with Gasteiger partial charge in [0.2, 0.25) is 0 Å². The van der Waals surface area contributed by atoms with E-state index in [4.69, 9.17) is 13.5 Å². The Morgan fingerprint density at radius 3 is 1.44 bits per heavy atom. The van der Waals surface area contributed by atoms with Crippen LogP contribution in [0.3, 0.4) is 0 Å². The van der Waals surface area contributed by atoms with E-state index >= 15 is 0 Å². The summed E-state index contributed by atoms with van der Waals surface area (Å²) in [7, 11) is -2.44. The van der Waals surface area contributed by atoms with Crippen LogP contribution >= 0.6 is 0 Å². The Morgan fingerprint density at radius 1 is 0.889 bits per heavy atom. The van der Waals surface area contributed by atoms with Gasteiger partial charge in [-0.1, -0.05) is 41.5 Å². The summed E-state index contributed by atoms with van der Waals surface area (Å²) in [5.74, 6) is 0. The predicted molar refractivity (Wildman–Crippen MR) is 81.2 cm³/mol. The van der Waals surface area contributed by atoms with E-state index in [2.05, 4.69) is 41.5 Å². The van der Waals surface area contributed by atoms with Gasteiger partial charge in [0.05, 0.1) is 0 Å². The van der Waals surface area contributed by atoms with E-state index in [1.165, 1.54) is 5.71 Å². The summed E-state index contributed by atoms with van der Waals surface area (Å²) >= 11 is 0. The second-order valence-electron chi connectivity index (χ2n) is 6.72. The minimum absolute atomic E-state index is 0.0285. The molecule has 0 N–H and O–H groups in total. The Kier molecular flexibility index (Phi) is 6.24. The Labute approximate surface area is 114 Å². The van der Waals surface area contributed by atoms with Gasteiger partial charge in [0.15, 0.2) is 0 Å². The maximum Gasteiger partial charge on any atom is 0.474 e. The lowest BCUT2D eigenvalue weighted by Gasteiger charge is -2.35. The van der Waals surface area contributed by atoms with Crippen LogP contribution in [-0.4, -0.2) is 27.6 Å². The first kappa shape index (κ1) is 17.8. The third-order valence-electron chi connectivity index (χ3n) is 2.56. The summed E-state index contributed by atoms with van der Waals surface area (Å²) in [5, 5.41) is 0. The highest BCUT2D eigenvalue weighted by atomic mass is 28.4. The molecule has 0 amide bonds. The zero-order chi connectivity index (χ0) is 14.6. The van der Waals surface area contributed by atoms with E-state index in [1.807, 2.05) is 20.4 Å². The third kappa shape index (κ3) is 5.63. The molecular formula is C14H31NO2Si. The van der Waals surface area contributed by atoms with Crippen LogP contribution in [0, 0.1) is 10.8 Å². The second-order valence-corrected chi connectivity index (χ2v) is 9.32. The van der Waals surface area contributed by atoms with Crippen molar-refractivity contribution in [1.29, 1.82) is 0 Å². The highest BCUT2D eigenvalue weighted by molar-refractivity contribution is 6.65. The Morgan fingerprint density at radius 2 is 1.22 bits per heavy atom. The quantitative estimate of drug-likeness (QED) is 0.556. The summed E-state index contributed by atoms with van der Waals surface area (Å²) in [6.07, 6.45) is 0. The molecule has 18 heavy (non-hydrogen) atoms. The van der Waals surface area contributed by atoms with Crippen LogP contribution in [0.5, 0.6) is 0 Å². The van der Waals surface area contributed by atoms with Crippen molar-refractivity contribution in [2.45, 2.75) is 61.9 Å². The van der Waals surface area contributed by atoms with E-state index in [0.29, 0.717) is 13.2 Å². The summed E-state index contributed by atoms with van der Waals surface area (Å²) < 4.78 is 16.6. The molecule has 0 heterocycles. The summed E-state index contributed by atoms with van der Waals surface area (Å²) in [5.41, 5.74) is 1.23. The van der Waals surface area contributed by atoms with E-state index in [9.17, 15) is 0 Å². The standard InChI is InChI=1S/C14H31NO2Si/c1-10-16-18(9,17-11-2)15-12(13(3,4)5)14(6,7)8/h10-11H2,1-9H3. The first-order chi connectivity index (χ1) is 7.96. The van der Waals surface area contributed by atoms with Crippen molar-refractivity contribution >= 4 is 14.4 Å². The van der Waals surface area contributed by atoms with Crippen molar-refractivity contribution in [3.8, 4) is 0 Å². The Bertz CT molecular complexity index is 265. The van der Waals surface area contributed by atoms with Gasteiger partial charge in [0, 0.05) is 25.5 Å². The van der Waals surface area contributed by atoms with Crippen molar-refractivity contribution in [1.82, 2.24) is 0 Å². The van der Waals surface area contributed by atoms with Gasteiger partial charge in [-0.2, -0.15) is 0 Å². The van der Waals surface area contributed by atoms with Crippen LogP contribution in [0.2, 0.25) is 6.55 Å². The maximum absolute atomic E-state index is 5.82. The van der Waals surface area contributed by atoms with E-state index in [0.717, 1.165) is 0 Å². The molecule has 0 fully saturated rings. The molecule has 4 heteroatoms. The smallest absolute Gasteiger partial charge is 0.378 e. The van der Waals surface area contributed by atoms with Gasteiger partial charge < -0.3 is 8.85 Å². The number of nitrogens with zero attached hydrogens (tertiary/aromatic N) is 1. The van der Waals surface area contributed by atoms with Crippen LogP contribution < -0.4 is 0 Å². The van der Waals surface area contributed by atoms with Gasteiger partial charge in [-0.3, -0.25) is 4.66 Å². The zero-order valence-electron chi connectivity index (χ0n) is 13.7.